The Hall–Kier alpha value is -2.57. The van der Waals surface area contributed by atoms with Crippen LogP contribution in [0, 0.1) is 0 Å². The van der Waals surface area contributed by atoms with Crippen LogP contribution in [-0.4, -0.2) is 20.7 Å². The Morgan fingerprint density at radius 3 is 2.48 bits per heavy atom. The van der Waals surface area contributed by atoms with E-state index in [4.69, 9.17) is 11.6 Å². The van der Waals surface area contributed by atoms with Crippen molar-refractivity contribution in [2.45, 2.75) is 50.6 Å². The Labute approximate surface area is 192 Å². The molecule has 31 heavy (non-hydrogen) atoms. The van der Waals surface area contributed by atoms with E-state index in [-0.39, 0.29) is 11.3 Å². The van der Waals surface area contributed by atoms with Gasteiger partial charge in [0.25, 0.3) is 5.91 Å². The number of benzene rings is 2. The van der Waals surface area contributed by atoms with Crippen LogP contribution in [0.15, 0.2) is 59.8 Å². The smallest absolute Gasteiger partial charge is 0.250 e. The number of nitrogens with zero attached hydrogens (tertiary/aromatic N) is 3. The van der Waals surface area contributed by atoms with Crippen molar-refractivity contribution >= 4 is 41.3 Å². The SMILES string of the molecule is CCn1c(NC(=O)/C=C/c2ccc(C(C)(C)C)cc2)nnc1SCc1ccccc1Cl. The number of nitrogens with one attached hydrogen (secondary N) is 1. The van der Waals surface area contributed by atoms with E-state index in [0.29, 0.717) is 18.2 Å². The van der Waals surface area contributed by atoms with Crippen molar-refractivity contribution in [1.82, 2.24) is 14.8 Å². The monoisotopic (exact) mass is 454 g/mol. The molecule has 0 saturated heterocycles. The lowest BCUT2D eigenvalue weighted by molar-refractivity contribution is -0.111. The zero-order chi connectivity index (χ0) is 22.4. The number of hydrogen-bond donors (Lipinski definition) is 1. The third-order valence-electron chi connectivity index (χ3n) is 4.79. The molecule has 0 spiro atoms. The van der Waals surface area contributed by atoms with Gasteiger partial charge in [-0.1, -0.05) is 86.6 Å². The highest BCUT2D eigenvalue weighted by Crippen LogP contribution is 2.27. The maximum atomic E-state index is 12.4. The normalized spacial score (nSPS) is 11.8. The first-order valence-electron chi connectivity index (χ1n) is 10.2. The van der Waals surface area contributed by atoms with E-state index < -0.39 is 0 Å². The lowest BCUT2D eigenvalue weighted by Crippen LogP contribution is -2.13. The lowest BCUT2D eigenvalue weighted by atomic mass is 9.87. The summed E-state index contributed by atoms with van der Waals surface area (Å²) in [5.74, 6) is 0.863. The number of thioether (sulfide) groups is 1. The molecule has 0 unspecified atom stereocenters. The molecule has 162 valence electrons. The fraction of sp³-hybridized carbons (Fsp3) is 0.292. The van der Waals surface area contributed by atoms with Gasteiger partial charge in [0.05, 0.1) is 0 Å². The standard InChI is InChI=1S/C24H27ClN4OS/c1-5-29-22(27-28-23(29)31-16-18-8-6-7-9-20(18)25)26-21(30)15-12-17-10-13-19(14-11-17)24(2,3)4/h6-15H,5,16H2,1-4H3,(H,26,27,30)/b15-12+. The molecule has 0 aliphatic heterocycles. The van der Waals surface area contributed by atoms with Crippen LogP contribution in [0.1, 0.15) is 44.4 Å². The molecule has 7 heteroatoms. The van der Waals surface area contributed by atoms with Crippen molar-refractivity contribution in [2.75, 3.05) is 5.32 Å². The fourth-order valence-electron chi connectivity index (χ4n) is 2.95. The molecule has 1 N–H and O–H groups in total. The van der Waals surface area contributed by atoms with Crippen LogP contribution >= 0.6 is 23.4 Å². The van der Waals surface area contributed by atoms with E-state index in [2.05, 4.69) is 48.4 Å². The average molecular weight is 455 g/mol. The summed E-state index contributed by atoms with van der Waals surface area (Å²) in [6, 6.07) is 15.9. The molecule has 0 bridgehead atoms. The predicted molar refractivity (Wildman–Crippen MR) is 130 cm³/mol. The van der Waals surface area contributed by atoms with Crippen LogP contribution in [0.25, 0.3) is 6.08 Å². The summed E-state index contributed by atoms with van der Waals surface area (Å²) in [6.45, 7) is 9.17. The van der Waals surface area contributed by atoms with Crippen molar-refractivity contribution in [3.8, 4) is 0 Å². The summed E-state index contributed by atoms with van der Waals surface area (Å²) in [4.78, 5) is 12.4. The zero-order valence-electron chi connectivity index (χ0n) is 18.2. The molecular formula is C24H27ClN4OS. The fourth-order valence-corrected chi connectivity index (χ4v) is 4.24. The van der Waals surface area contributed by atoms with Crippen LogP contribution in [-0.2, 0) is 22.5 Å². The summed E-state index contributed by atoms with van der Waals surface area (Å²) in [5, 5.41) is 12.7. The summed E-state index contributed by atoms with van der Waals surface area (Å²) in [7, 11) is 0. The third-order valence-corrected chi connectivity index (χ3v) is 6.17. The Morgan fingerprint density at radius 1 is 1.13 bits per heavy atom. The van der Waals surface area contributed by atoms with Gasteiger partial charge in [0.1, 0.15) is 0 Å². The Bertz CT molecular complexity index is 1070. The number of rotatable bonds is 7. The van der Waals surface area contributed by atoms with E-state index in [1.807, 2.05) is 47.9 Å². The van der Waals surface area contributed by atoms with Gasteiger partial charge in [0, 0.05) is 23.4 Å². The van der Waals surface area contributed by atoms with Crippen molar-refractivity contribution in [3.63, 3.8) is 0 Å². The van der Waals surface area contributed by atoms with Crippen LogP contribution in [0.2, 0.25) is 5.02 Å². The van der Waals surface area contributed by atoms with Gasteiger partial charge < -0.3 is 0 Å². The van der Waals surface area contributed by atoms with Crippen molar-refractivity contribution < 1.29 is 4.79 Å². The third kappa shape index (κ3) is 6.21. The number of anilines is 1. The largest absolute Gasteiger partial charge is 0.291 e. The second-order valence-electron chi connectivity index (χ2n) is 8.13. The number of hydrogen-bond acceptors (Lipinski definition) is 4. The molecule has 0 radical (unpaired) electrons. The highest BCUT2D eigenvalue weighted by atomic mass is 35.5. The second kappa shape index (κ2) is 10.2. The van der Waals surface area contributed by atoms with Crippen molar-refractivity contribution in [3.05, 3.63) is 76.3 Å². The molecule has 1 amide bonds. The minimum atomic E-state index is -0.246. The summed E-state index contributed by atoms with van der Waals surface area (Å²) in [5.41, 5.74) is 3.36. The molecule has 3 aromatic rings. The van der Waals surface area contributed by atoms with Gasteiger partial charge in [-0.3, -0.25) is 14.7 Å². The molecule has 0 atom stereocenters. The average Bonchev–Trinajstić information content (AvgIpc) is 3.12. The van der Waals surface area contributed by atoms with Crippen molar-refractivity contribution in [1.29, 1.82) is 0 Å². The van der Waals surface area contributed by atoms with E-state index in [1.54, 1.807) is 6.08 Å². The summed E-state index contributed by atoms with van der Waals surface area (Å²) >= 11 is 7.77. The zero-order valence-corrected chi connectivity index (χ0v) is 19.8. The van der Waals surface area contributed by atoms with Gasteiger partial charge in [-0.15, -0.1) is 10.2 Å². The molecule has 0 saturated carbocycles. The Morgan fingerprint density at radius 2 is 1.84 bits per heavy atom. The molecule has 2 aromatic carbocycles. The topological polar surface area (TPSA) is 59.8 Å². The van der Waals surface area contributed by atoms with Crippen LogP contribution < -0.4 is 5.32 Å². The van der Waals surface area contributed by atoms with E-state index >= 15 is 0 Å². The number of carbonyl (C=O) groups excluding carboxylic acids is 1. The van der Waals surface area contributed by atoms with Gasteiger partial charge in [0.2, 0.25) is 5.95 Å². The Balaban J connectivity index is 1.63. The summed E-state index contributed by atoms with van der Waals surface area (Å²) < 4.78 is 1.88. The quantitative estimate of drug-likeness (QED) is 0.341. The molecule has 0 fully saturated rings. The van der Waals surface area contributed by atoms with Gasteiger partial charge in [-0.2, -0.15) is 0 Å². The van der Waals surface area contributed by atoms with Gasteiger partial charge in [-0.05, 0) is 41.2 Å². The minimum absolute atomic E-state index is 0.103. The highest BCUT2D eigenvalue weighted by molar-refractivity contribution is 7.98. The van der Waals surface area contributed by atoms with E-state index in [1.165, 1.54) is 23.4 Å². The van der Waals surface area contributed by atoms with Crippen LogP contribution in [0.5, 0.6) is 0 Å². The second-order valence-corrected chi connectivity index (χ2v) is 9.47. The summed E-state index contributed by atoms with van der Waals surface area (Å²) in [6.07, 6.45) is 3.30. The molecule has 1 heterocycles. The van der Waals surface area contributed by atoms with E-state index in [9.17, 15) is 4.79 Å². The highest BCUT2D eigenvalue weighted by Gasteiger charge is 2.14. The van der Waals surface area contributed by atoms with Crippen LogP contribution in [0.4, 0.5) is 5.95 Å². The van der Waals surface area contributed by atoms with E-state index in [0.717, 1.165) is 21.3 Å². The maximum absolute atomic E-state index is 12.4. The molecule has 0 aliphatic carbocycles. The molecule has 5 nitrogen and oxygen atoms in total. The van der Waals surface area contributed by atoms with Crippen LogP contribution in [0.3, 0.4) is 0 Å². The maximum Gasteiger partial charge on any atom is 0.250 e. The minimum Gasteiger partial charge on any atom is -0.291 e. The number of carbonyl (C=O) groups is 1. The van der Waals surface area contributed by atoms with Gasteiger partial charge >= 0.3 is 0 Å². The number of aromatic nitrogens is 3. The molecular weight excluding hydrogens is 428 g/mol. The van der Waals surface area contributed by atoms with Gasteiger partial charge in [0.15, 0.2) is 5.16 Å². The first kappa shape index (κ1) is 23.1. The van der Waals surface area contributed by atoms with Gasteiger partial charge in [-0.25, -0.2) is 0 Å². The number of amides is 1. The molecule has 0 aliphatic rings. The predicted octanol–water partition coefficient (Wildman–Crippen LogP) is 6.19. The first-order chi connectivity index (χ1) is 14.8. The first-order valence-corrected chi connectivity index (χ1v) is 11.5. The molecule has 3 rings (SSSR count). The number of halogens is 1. The lowest BCUT2D eigenvalue weighted by Gasteiger charge is -2.18. The van der Waals surface area contributed by atoms with Crippen molar-refractivity contribution in [2.24, 2.45) is 0 Å². The Kier molecular flexibility index (Phi) is 7.57. The molecule has 1 aromatic heterocycles.